The first kappa shape index (κ1) is 17.1. The number of ether oxygens (including phenoxy) is 1. The highest BCUT2D eigenvalue weighted by Gasteiger charge is 2.14. The van der Waals surface area contributed by atoms with Gasteiger partial charge < -0.3 is 14.3 Å². The molecule has 4 nitrogen and oxygen atoms in total. The zero-order valence-corrected chi connectivity index (χ0v) is 14.5. The van der Waals surface area contributed by atoms with Crippen LogP contribution in [-0.4, -0.2) is 12.2 Å². The van der Waals surface area contributed by atoms with E-state index in [-0.39, 0.29) is 5.75 Å². The number of aromatic hydroxyl groups is 1. The van der Waals surface area contributed by atoms with E-state index >= 15 is 0 Å². The molecule has 2 aromatic carbocycles. The van der Waals surface area contributed by atoms with E-state index in [2.05, 4.69) is 0 Å². The summed E-state index contributed by atoms with van der Waals surface area (Å²) in [5.74, 6) is 0.929. The Labute approximate surface area is 146 Å². The molecule has 3 rings (SSSR count). The van der Waals surface area contributed by atoms with Gasteiger partial charge in [0.15, 0.2) is 0 Å². The lowest BCUT2D eigenvalue weighted by Crippen LogP contribution is -2.08. The Kier molecular flexibility index (Phi) is 5.08. The van der Waals surface area contributed by atoms with Gasteiger partial charge in [-0.15, -0.1) is 0 Å². The maximum absolute atomic E-state index is 12.2. The third kappa shape index (κ3) is 3.53. The number of hydrogen-bond acceptors (Lipinski definition) is 4. The molecule has 0 aliphatic carbocycles. The molecule has 0 bridgehead atoms. The number of fused-ring (bicyclic) bond motifs is 1. The van der Waals surface area contributed by atoms with Crippen LogP contribution < -0.4 is 10.4 Å². The Morgan fingerprint density at radius 3 is 2.60 bits per heavy atom. The summed E-state index contributed by atoms with van der Waals surface area (Å²) in [6, 6.07) is 13.4. The van der Waals surface area contributed by atoms with Crippen molar-refractivity contribution >= 4 is 11.0 Å². The lowest BCUT2D eigenvalue weighted by molar-refractivity contribution is 0.408. The number of methoxy groups -OCH3 is 1. The van der Waals surface area contributed by atoms with E-state index in [0.29, 0.717) is 23.0 Å². The first-order chi connectivity index (χ1) is 12.1. The number of benzene rings is 2. The number of hydrogen-bond donors (Lipinski definition) is 1. The van der Waals surface area contributed by atoms with Gasteiger partial charge in [-0.1, -0.05) is 30.3 Å². The van der Waals surface area contributed by atoms with Crippen LogP contribution in [0.3, 0.4) is 0 Å². The van der Waals surface area contributed by atoms with Crippen molar-refractivity contribution in [1.82, 2.24) is 0 Å². The molecule has 25 heavy (non-hydrogen) atoms. The summed E-state index contributed by atoms with van der Waals surface area (Å²) in [4.78, 5) is 12.2. The molecule has 1 aromatic heterocycles. The third-order valence-corrected chi connectivity index (χ3v) is 4.51. The van der Waals surface area contributed by atoms with Crippen molar-refractivity contribution in [2.24, 2.45) is 0 Å². The fourth-order valence-corrected chi connectivity index (χ4v) is 3.14. The van der Waals surface area contributed by atoms with Crippen molar-refractivity contribution in [3.8, 4) is 11.5 Å². The Bertz CT molecular complexity index is 940. The number of aryl methyl sites for hydroxylation is 2. The highest BCUT2D eigenvalue weighted by molar-refractivity contribution is 5.86. The molecule has 1 N–H and O–H groups in total. The largest absolute Gasteiger partial charge is 0.507 e. The van der Waals surface area contributed by atoms with E-state index in [4.69, 9.17) is 9.15 Å². The zero-order chi connectivity index (χ0) is 17.8. The van der Waals surface area contributed by atoms with E-state index in [0.717, 1.165) is 36.1 Å². The van der Waals surface area contributed by atoms with Crippen LogP contribution in [0.4, 0.5) is 0 Å². The van der Waals surface area contributed by atoms with Crippen molar-refractivity contribution in [1.29, 1.82) is 0 Å². The Balaban J connectivity index is 1.72. The van der Waals surface area contributed by atoms with Crippen molar-refractivity contribution in [3.05, 3.63) is 69.6 Å². The summed E-state index contributed by atoms with van der Waals surface area (Å²) in [6.07, 6.45) is 3.04. The standard InChI is InChI=1S/C21H22O4/c1-14-8-7-12-16-19(22)17(21(23)25-20(14)16)11-5-3-9-15-10-4-6-13-18(15)24-2/h4,6-8,10,12-13,22H,3,5,9,11H2,1-2H3. The number of para-hydroxylation sites is 2. The molecule has 0 saturated heterocycles. The van der Waals surface area contributed by atoms with Gasteiger partial charge in [0, 0.05) is 0 Å². The second kappa shape index (κ2) is 7.43. The van der Waals surface area contributed by atoms with Gasteiger partial charge in [0.05, 0.1) is 18.1 Å². The molecule has 0 aliphatic heterocycles. The van der Waals surface area contributed by atoms with E-state index in [1.807, 2.05) is 43.3 Å². The molecule has 3 aromatic rings. The smallest absolute Gasteiger partial charge is 0.343 e. The normalized spacial score (nSPS) is 11.0. The predicted octanol–water partition coefficient (Wildman–Crippen LogP) is 4.38. The summed E-state index contributed by atoms with van der Waals surface area (Å²) < 4.78 is 10.8. The fourth-order valence-electron chi connectivity index (χ4n) is 3.14. The van der Waals surface area contributed by atoms with Crippen LogP contribution >= 0.6 is 0 Å². The summed E-state index contributed by atoms with van der Waals surface area (Å²) >= 11 is 0. The first-order valence-electron chi connectivity index (χ1n) is 8.48. The van der Waals surface area contributed by atoms with Gasteiger partial charge in [0.2, 0.25) is 0 Å². The highest BCUT2D eigenvalue weighted by atomic mass is 16.5. The molecule has 0 unspecified atom stereocenters. The molecule has 130 valence electrons. The topological polar surface area (TPSA) is 59.7 Å². The van der Waals surface area contributed by atoms with Crippen molar-refractivity contribution in [2.75, 3.05) is 7.11 Å². The minimum atomic E-state index is -0.448. The zero-order valence-electron chi connectivity index (χ0n) is 14.5. The Morgan fingerprint density at radius 1 is 1.04 bits per heavy atom. The van der Waals surface area contributed by atoms with Crippen LogP contribution in [-0.2, 0) is 12.8 Å². The monoisotopic (exact) mass is 338 g/mol. The second-order valence-electron chi connectivity index (χ2n) is 6.19. The van der Waals surface area contributed by atoms with Crippen LogP contribution in [0.2, 0.25) is 0 Å². The second-order valence-corrected chi connectivity index (χ2v) is 6.19. The van der Waals surface area contributed by atoms with Gasteiger partial charge >= 0.3 is 5.63 Å². The van der Waals surface area contributed by atoms with E-state index in [1.54, 1.807) is 13.2 Å². The average Bonchev–Trinajstić information content (AvgIpc) is 2.62. The molecule has 4 heteroatoms. The van der Waals surface area contributed by atoms with Gasteiger partial charge in [-0.05, 0) is 55.9 Å². The van der Waals surface area contributed by atoms with Gasteiger partial charge in [-0.2, -0.15) is 0 Å². The van der Waals surface area contributed by atoms with Crippen molar-refractivity contribution in [2.45, 2.75) is 32.6 Å². The lowest BCUT2D eigenvalue weighted by atomic mass is 10.0. The molecule has 0 aliphatic rings. The lowest BCUT2D eigenvalue weighted by Gasteiger charge is -2.09. The molecule has 0 radical (unpaired) electrons. The van der Waals surface area contributed by atoms with Crippen molar-refractivity contribution in [3.63, 3.8) is 0 Å². The maximum Gasteiger partial charge on any atom is 0.343 e. The van der Waals surface area contributed by atoms with Crippen molar-refractivity contribution < 1.29 is 14.3 Å². The SMILES string of the molecule is COc1ccccc1CCCCc1c(O)c2cccc(C)c2oc1=O. The molecule has 0 amide bonds. The molecular weight excluding hydrogens is 316 g/mol. The summed E-state index contributed by atoms with van der Waals surface area (Å²) in [5, 5.41) is 11.1. The van der Waals surface area contributed by atoms with Crippen LogP contribution in [0.15, 0.2) is 51.7 Å². The number of unbranched alkanes of at least 4 members (excludes halogenated alkanes) is 1. The summed E-state index contributed by atoms with van der Waals surface area (Å²) in [6.45, 7) is 1.86. The third-order valence-electron chi connectivity index (χ3n) is 4.51. The van der Waals surface area contributed by atoms with Crippen LogP contribution in [0.5, 0.6) is 11.5 Å². The average molecular weight is 338 g/mol. The van der Waals surface area contributed by atoms with Gasteiger partial charge in [0.25, 0.3) is 0 Å². The summed E-state index contributed by atoms with van der Waals surface area (Å²) in [7, 11) is 1.67. The maximum atomic E-state index is 12.2. The van der Waals surface area contributed by atoms with Crippen LogP contribution in [0, 0.1) is 6.92 Å². The minimum absolute atomic E-state index is 0.0484. The Morgan fingerprint density at radius 2 is 1.80 bits per heavy atom. The fraction of sp³-hybridized carbons (Fsp3) is 0.286. The van der Waals surface area contributed by atoms with Crippen LogP contribution in [0.1, 0.15) is 29.5 Å². The predicted molar refractivity (Wildman–Crippen MR) is 98.5 cm³/mol. The van der Waals surface area contributed by atoms with Gasteiger partial charge in [-0.25, -0.2) is 4.79 Å². The quantitative estimate of drug-likeness (QED) is 0.535. The molecular formula is C21H22O4. The molecule has 0 atom stereocenters. The first-order valence-corrected chi connectivity index (χ1v) is 8.48. The molecule has 0 saturated carbocycles. The van der Waals surface area contributed by atoms with E-state index in [9.17, 15) is 9.90 Å². The highest BCUT2D eigenvalue weighted by Crippen LogP contribution is 2.29. The number of rotatable bonds is 6. The van der Waals surface area contributed by atoms with E-state index in [1.165, 1.54) is 0 Å². The van der Waals surface area contributed by atoms with Gasteiger partial charge in [-0.3, -0.25) is 0 Å². The van der Waals surface area contributed by atoms with Gasteiger partial charge in [0.1, 0.15) is 17.1 Å². The summed E-state index contributed by atoms with van der Waals surface area (Å²) in [5.41, 5.74) is 2.36. The molecule has 1 heterocycles. The minimum Gasteiger partial charge on any atom is -0.507 e. The molecule has 0 fully saturated rings. The van der Waals surface area contributed by atoms with E-state index < -0.39 is 5.63 Å². The Hall–Kier alpha value is -2.75. The van der Waals surface area contributed by atoms with Crippen LogP contribution in [0.25, 0.3) is 11.0 Å². The molecule has 0 spiro atoms.